The van der Waals surface area contributed by atoms with Gasteiger partial charge < -0.3 is 5.32 Å². The topological polar surface area (TPSA) is 71.1 Å². The number of aromatic nitrogens is 1. The molecule has 0 radical (unpaired) electrons. The zero-order valence-corrected chi connectivity index (χ0v) is 12.1. The maximum Gasteiger partial charge on any atom is 0.213 e. The van der Waals surface area contributed by atoms with Crippen molar-refractivity contribution in [1.82, 2.24) is 15.0 Å². The van der Waals surface area contributed by atoms with Crippen molar-refractivity contribution in [2.24, 2.45) is 0 Å². The van der Waals surface area contributed by atoms with Crippen molar-refractivity contribution in [3.8, 4) is 0 Å². The molecule has 0 atom stereocenters. The number of hydrogen-bond acceptors (Lipinski definition) is 5. The van der Waals surface area contributed by atoms with Gasteiger partial charge in [-0.3, -0.25) is 0 Å². The van der Waals surface area contributed by atoms with Crippen LogP contribution >= 0.6 is 11.3 Å². The smallest absolute Gasteiger partial charge is 0.213 e. The number of rotatable bonds is 8. The molecule has 18 heavy (non-hydrogen) atoms. The van der Waals surface area contributed by atoms with E-state index in [2.05, 4.69) is 21.9 Å². The number of nitrogens with one attached hydrogen (secondary N) is 2. The largest absolute Gasteiger partial charge is 0.313 e. The molecule has 102 valence electrons. The fraction of sp³-hybridized carbons (Fsp3) is 0.727. The van der Waals surface area contributed by atoms with Crippen LogP contribution in [0.3, 0.4) is 0 Å². The molecule has 0 unspecified atom stereocenters. The summed E-state index contributed by atoms with van der Waals surface area (Å²) < 4.78 is 26.0. The highest BCUT2D eigenvalue weighted by atomic mass is 32.2. The lowest BCUT2D eigenvalue weighted by atomic mass is 10.4. The SMILES string of the molecule is CCc1cnc(CNS(=O)(=O)CCNC2CC2)s1. The summed E-state index contributed by atoms with van der Waals surface area (Å²) in [6.07, 6.45) is 5.09. The van der Waals surface area contributed by atoms with E-state index in [0.717, 1.165) is 11.4 Å². The standard InChI is InChI=1S/C11H19N3O2S2/c1-2-10-7-13-11(17-10)8-14-18(15,16)6-5-12-9-3-4-9/h7,9,12,14H,2-6,8H2,1H3. The second kappa shape index (κ2) is 6.10. The van der Waals surface area contributed by atoms with Gasteiger partial charge in [0.2, 0.25) is 10.0 Å². The summed E-state index contributed by atoms with van der Waals surface area (Å²) in [5, 5.41) is 4.02. The number of aryl methyl sites for hydroxylation is 1. The van der Waals surface area contributed by atoms with Crippen LogP contribution in [0.1, 0.15) is 29.7 Å². The van der Waals surface area contributed by atoms with E-state index in [9.17, 15) is 8.42 Å². The molecule has 0 amide bonds. The van der Waals surface area contributed by atoms with Crippen LogP contribution in [0.5, 0.6) is 0 Å². The molecule has 0 bridgehead atoms. The van der Waals surface area contributed by atoms with Gasteiger partial charge in [-0.1, -0.05) is 6.92 Å². The van der Waals surface area contributed by atoms with E-state index in [1.54, 1.807) is 11.3 Å². The van der Waals surface area contributed by atoms with E-state index in [1.165, 1.54) is 17.7 Å². The predicted molar refractivity (Wildman–Crippen MR) is 73.1 cm³/mol. The van der Waals surface area contributed by atoms with Gasteiger partial charge in [0, 0.05) is 23.7 Å². The van der Waals surface area contributed by atoms with Gasteiger partial charge in [0.25, 0.3) is 0 Å². The quantitative estimate of drug-likeness (QED) is 0.745. The third-order valence-electron chi connectivity index (χ3n) is 2.77. The summed E-state index contributed by atoms with van der Waals surface area (Å²) in [5.41, 5.74) is 0. The molecule has 5 nitrogen and oxygen atoms in total. The summed E-state index contributed by atoms with van der Waals surface area (Å²) in [6, 6.07) is 0.547. The molecule has 1 heterocycles. The molecule has 0 saturated heterocycles. The lowest BCUT2D eigenvalue weighted by Crippen LogP contribution is -2.32. The first kappa shape index (κ1) is 13.9. The van der Waals surface area contributed by atoms with E-state index in [0.29, 0.717) is 19.1 Å². The number of sulfonamides is 1. The molecule has 1 aliphatic rings. The summed E-state index contributed by atoms with van der Waals surface area (Å²) >= 11 is 1.56. The molecule has 1 saturated carbocycles. The van der Waals surface area contributed by atoms with Crippen LogP contribution in [0.2, 0.25) is 0 Å². The Bertz CT molecular complexity index is 480. The van der Waals surface area contributed by atoms with Gasteiger partial charge in [0.15, 0.2) is 0 Å². The van der Waals surface area contributed by atoms with Crippen molar-refractivity contribution in [1.29, 1.82) is 0 Å². The molecule has 1 aromatic rings. The minimum Gasteiger partial charge on any atom is -0.313 e. The summed E-state index contributed by atoms with van der Waals surface area (Å²) in [4.78, 5) is 5.36. The highest BCUT2D eigenvalue weighted by molar-refractivity contribution is 7.89. The van der Waals surface area contributed by atoms with Crippen LogP contribution < -0.4 is 10.0 Å². The lowest BCUT2D eigenvalue weighted by molar-refractivity contribution is 0.576. The highest BCUT2D eigenvalue weighted by Crippen LogP contribution is 2.18. The average Bonchev–Trinajstić information content (AvgIpc) is 3.03. The van der Waals surface area contributed by atoms with Crippen molar-refractivity contribution in [3.05, 3.63) is 16.1 Å². The Hall–Kier alpha value is -0.500. The first-order valence-corrected chi connectivity index (χ1v) is 8.70. The second-order valence-corrected chi connectivity index (χ2v) is 7.57. The Kier molecular flexibility index (Phi) is 4.71. The van der Waals surface area contributed by atoms with Gasteiger partial charge in [-0.25, -0.2) is 18.1 Å². The fourth-order valence-corrected chi connectivity index (χ4v) is 3.30. The molecule has 1 aromatic heterocycles. The Labute approximate surface area is 112 Å². The van der Waals surface area contributed by atoms with Crippen molar-refractivity contribution in [2.75, 3.05) is 12.3 Å². The van der Waals surface area contributed by atoms with Crippen molar-refractivity contribution >= 4 is 21.4 Å². The fourth-order valence-electron chi connectivity index (χ4n) is 1.52. The van der Waals surface area contributed by atoms with Crippen LogP contribution in [0, 0.1) is 0 Å². The van der Waals surface area contributed by atoms with Crippen molar-refractivity contribution < 1.29 is 8.42 Å². The van der Waals surface area contributed by atoms with Gasteiger partial charge in [-0.15, -0.1) is 11.3 Å². The molecule has 7 heteroatoms. The summed E-state index contributed by atoms with van der Waals surface area (Å²) in [5.74, 6) is 0.134. The van der Waals surface area contributed by atoms with Crippen molar-refractivity contribution in [3.63, 3.8) is 0 Å². The number of nitrogens with zero attached hydrogens (tertiary/aromatic N) is 1. The van der Waals surface area contributed by atoms with Crippen LogP contribution in [-0.2, 0) is 23.0 Å². The van der Waals surface area contributed by atoms with E-state index in [-0.39, 0.29) is 5.75 Å². The maximum absolute atomic E-state index is 11.7. The molecule has 1 aliphatic carbocycles. The Morgan fingerprint density at radius 3 is 2.89 bits per heavy atom. The molecule has 0 aliphatic heterocycles. The number of hydrogen-bond donors (Lipinski definition) is 2. The van der Waals surface area contributed by atoms with Crippen LogP contribution in [-0.4, -0.2) is 31.7 Å². The van der Waals surface area contributed by atoms with Gasteiger partial charge >= 0.3 is 0 Å². The highest BCUT2D eigenvalue weighted by Gasteiger charge is 2.21. The van der Waals surface area contributed by atoms with Gasteiger partial charge in [-0.05, 0) is 19.3 Å². The normalized spacial score (nSPS) is 16.1. The van der Waals surface area contributed by atoms with E-state index < -0.39 is 10.0 Å². The minimum atomic E-state index is -3.19. The third kappa shape index (κ3) is 4.64. The third-order valence-corrected chi connectivity index (χ3v) is 5.24. The van der Waals surface area contributed by atoms with E-state index in [1.807, 2.05) is 6.20 Å². The first-order chi connectivity index (χ1) is 8.59. The molecule has 2 rings (SSSR count). The Balaban J connectivity index is 1.72. The minimum absolute atomic E-state index is 0.134. The van der Waals surface area contributed by atoms with Crippen LogP contribution in [0.25, 0.3) is 0 Å². The van der Waals surface area contributed by atoms with Gasteiger partial charge in [-0.2, -0.15) is 0 Å². The maximum atomic E-state index is 11.7. The molecular weight excluding hydrogens is 270 g/mol. The Morgan fingerprint density at radius 2 is 2.28 bits per heavy atom. The second-order valence-electron chi connectivity index (χ2n) is 4.44. The summed E-state index contributed by atoms with van der Waals surface area (Å²) in [7, 11) is -3.19. The van der Waals surface area contributed by atoms with E-state index in [4.69, 9.17) is 0 Å². The van der Waals surface area contributed by atoms with Crippen molar-refractivity contribution in [2.45, 2.75) is 38.8 Å². The van der Waals surface area contributed by atoms with E-state index >= 15 is 0 Å². The average molecular weight is 289 g/mol. The zero-order chi connectivity index (χ0) is 13.0. The monoisotopic (exact) mass is 289 g/mol. The van der Waals surface area contributed by atoms with Crippen LogP contribution in [0.4, 0.5) is 0 Å². The van der Waals surface area contributed by atoms with Gasteiger partial charge in [0.05, 0.1) is 12.3 Å². The molecule has 0 spiro atoms. The molecular formula is C11H19N3O2S2. The Morgan fingerprint density at radius 1 is 1.50 bits per heavy atom. The molecule has 1 fully saturated rings. The summed E-state index contributed by atoms with van der Waals surface area (Å²) in [6.45, 7) is 2.89. The molecule has 2 N–H and O–H groups in total. The first-order valence-electron chi connectivity index (χ1n) is 6.23. The van der Waals surface area contributed by atoms with Crippen LogP contribution in [0.15, 0.2) is 6.20 Å². The predicted octanol–water partition coefficient (Wildman–Crippen LogP) is 0.877. The zero-order valence-electron chi connectivity index (χ0n) is 10.5. The van der Waals surface area contributed by atoms with Gasteiger partial charge in [0.1, 0.15) is 5.01 Å². The number of thiazole rings is 1. The molecule has 0 aromatic carbocycles. The lowest BCUT2D eigenvalue weighted by Gasteiger charge is -2.05.